The van der Waals surface area contributed by atoms with Gasteiger partial charge in [0.15, 0.2) is 5.43 Å². The summed E-state index contributed by atoms with van der Waals surface area (Å²) in [5, 5.41) is 10.2. The number of esters is 1. The van der Waals surface area contributed by atoms with Gasteiger partial charge in [0.05, 0.1) is 5.56 Å². The van der Waals surface area contributed by atoms with Crippen molar-refractivity contribution < 1.29 is 23.4 Å². The van der Waals surface area contributed by atoms with Gasteiger partial charge in [0.2, 0.25) is 0 Å². The molecule has 0 radical (unpaired) electrons. The minimum Gasteiger partial charge on any atom is -0.507 e. The smallest absolute Gasteiger partial charge is 0.343 e. The van der Waals surface area contributed by atoms with Crippen LogP contribution in [0.25, 0.3) is 22.3 Å². The van der Waals surface area contributed by atoms with Crippen molar-refractivity contribution in [3.05, 3.63) is 94.4 Å². The Bertz CT molecular complexity index is 1230. The maximum absolute atomic E-state index is 13.0. The predicted octanol–water partition coefficient (Wildman–Crippen LogP) is 4.52. The van der Waals surface area contributed by atoms with Crippen molar-refractivity contribution in [2.45, 2.75) is 0 Å². The van der Waals surface area contributed by atoms with Crippen molar-refractivity contribution in [1.82, 2.24) is 0 Å². The molecule has 0 aliphatic carbocycles. The summed E-state index contributed by atoms with van der Waals surface area (Å²) in [5.41, 5.74) is 0.484. The Morgan fingerprint density at radius 2 is 1.68 bits per heavy atom. The molecule has 1 aromatic heterocycles. The second-order valence-corrected chi connectivity index (χ2v) is 6.05. The molecule has 28 heavy (non-hydrogen) atoms. The van der Waals surface area contributed by atoms with Crippen LogP contribution in [-0.4, -0.2) is 11.1 Å². The van der Waals surface area contributed by atoms with Gasteiger partial charge >= 0.3 is 5.97 Å². The standard InChI is InChI=1S/C22H13FO5/c23-15-8-6-14(7-9-15)22(26)27-16-10-17(24)21-18(25)12-19(28-20(21)11-16)13-4-2-1-3-5-13/h1-12,24H. The van der Waals surface area contributed by atoms with E-state index in [0.29, 0.717) is 11.3 Å². The summed E-state index contributed by atoms with van der Waals surface area (Å²) in [6.45, 7) is 0. The molecule has 1 N–H and O–H groups in total. The first-order chi connectivity index (χ1) is 13.5. The van der Waals surface area contributed by atoms with Crippen molar-refractivity contribution in [2.24, 2.45) is 0 Å². The molecule has 0 aliphatic rings. The van der Waals surface area contributed by atoms with Crippen LogP contribution in [0.1, 0.15) is 10.4 Å². The minimum absolute atomic E-state index is 0.00677. The highest BCUT2D eigenvalue weighted by Crippen LogP contribution is 2.31. The fourth-order valence-corrected chi connectivity index (χ4v) is 2.80. The highest BCUT2D eigenvalue weighted by Gasteiger charge is 2.15. The third-order valence-corrected chi connectivity index (χ3v) is 4.13. The number of fused-ring (bicyclic) bond motifs is 1. The molecule has 0 atom stereocenters. The zero-order valence-electron chi connectivity index (χ0n) is 14.4. The average Bonchev–Trinajstić information content (AvgIpc) is 2.68. The second kappa shape index (κ2) is 7.00. The monoisotopic (exact) mass is 376 g/mol. The molecule has 0 saturated carbocycles. The fourth-order valence-electron chi connectivity index (χ4n) is 2.80. The van der Waals surface area contributed by atoms with Gasteiger partial charge in [0.25, 0.3) is 0 Å². The lowest BCUT2D eigenvalue weighted by Crippen LogP contribution is -2.09. The van der Waals surface area contributed by atoms with Gasteiger partial charge in [-0.2, -0.15) is 0 Å². The Kier molecular flexibility index (Phi) is 4.37. The van der Waals surface area contributed by atoms with Crippen molar-refractivity contribution >= 4 is 16.9 Å². The first kappa shape index (κ1) is 17.5. The lowest BCUT2D eigenvalue weighted by atomic mass is 10.1. The fraction of sp³-hybridized carbons (Fsp3) is 0. The van der Waals surface area contributed by atoms with Gasteiger partial charge in [-0.3, -0.25) is 4.79 Å². The van der Waals surface area contributed by atoms with Gasteiger partial charge in [-0.15, -0.1) is 0 Å². The van der Waals surface area contributed by atoms with E-state index in [9.17, 15) is 19.1 Å². The average molecular weight is 376 g/mol. The van der Waals surface area contributed by atoms with Gasteiger partial charge in [-0.1, -0.05) is 30.3 Å². The first-order valence-electron chi connectivity index (χ1n) is 8.35. The second-order valence-electron chi connectivity index (χ2n) is 6.05. The number of halogens is 1. The van der Waals surface area contributed by atoms with Crippen LogP contribution in [0.4, 0.5) is 4.39 Å². The van der Waals surface area contributed by atoms with E-state index in [4.69, 9.17) is 9.15 Å². The van der Waals surface area contributed by atoms with Gasteiger partial charge < -0.3 is 14.3 Å². The molecule has 0 amide bonds. The molecule has 0 spiro atoms. The zero-order chi connectivity index (χ0) is 19.7. The molecule has 0 aliphatic heterocycles. The van der Waals surface area contributed by atoms with E-state index in [2.05, 4.69) is 0 Å². The summed E-state index contributed by atoms with van der Waals surface area (Å²) in [6, 6.07) is 17.6. The van der Waals surface area contributed by atoms with E-state index in [-0.39, 0.29) is 28.0 Å². The SMILES string of the molecule is O=C(Oc1cc(O)c2c(=O)cc(-c3ccccc3)oc2c1)c1ccc(F)cc1. The Balaban J connectivity index is 1.75. The van der Waals surface area contributed by atoms with E-state index < -0.39 is 17.2 Å². The molecule has 0 bridgehead atoms. The largest absolute Gasteiger partial charge is 0.507 e. The van der Waals surface area contributed by atoms with Crippen LogP contribution in [0.5, 0.6) is 11.5 Å². The Hall–Kier alpha value is -3.93. The highest BCUT2D eigenvalue weighted by atomic mass is 19.1. The van der Waals surface area contributed by atoms with Crippen LogP contribution in [0.15, 0.2) is 82.0 Å². The first-order valence-corrected chi connectivity index (χ1v) is 8.35. The molecule has 138 valence electrons. The van der Waals surface area contributed by atoms with Crippen LogP contribution in [-0.2, 0) is 0 Å². The Morgan fingerprint density at radius 1 is 0.964 bits per heavy atom. The predicted molar refractivity (Wildman–Crippen MR) is 101 cm³/mol. The molecule has 1 heterocycles. The lowest BCUT2D eigenvalue weighted by molar-refractivity contribution is 0.0734. The van der Waals surface area contributed by atoms with E-state index in [1.54, 1.807) is 24.3 Å². The number of phenols is 1. The molecule has 5 nitrogen and oxygen atoms in total. The van der Waals surface area contributed by atoms with Crippen LogP contribution < -0.4 is 10.2 Å². The summed E-state index contributed by atoms with van der Waals surface area (Å²) in [5.74, 6) is -1.27. The van der Waals surface area contributed by atoms with Gasteiger partial charge in [0, 0.05) is 23.8 Å². The van der Waals surface area contributed by atoms with Crippen molar-refractivity contribution in [3.63, 3.8) is 0 Å². The molecule has 3 aromatic carbocycles. The van der Waals surface area contributed by atoms with E-state index in [1.807, 2.05) is 6.07 Å². The van der Waals surface area contributed by atoms with E-state index in [1.165, 1.54) is 24.3 Å². The van der Waals surface area contributed by atoms with E-state index in [0.717, 1.165) is 18.2 Å². The quantitative estimate of drug-likeness (QED) is 0.420. The Morgan fingerprint density at radius 3 is 2.39 bits per heavy atom. The molecule has 0 fully saturated rings. The van der Waals surface area contributed by atoms with Crippen LogP contribution in [0.2, 0.25) is 0 Å². The third-order valence-electron chi connectivity index (χ3n) is 4.13. The molecule has 0 saturated heterocycles. The van der Waals surface area contributed by atoms with Crippen molar-refractivity contribution in [3.8, 4) is 22.8 Å². The summed E-state index contributed by atoms with van der Waals surface area (Å²) < 4.78 is 24.0. The molecule has 4 aromatic rings. The number of aromatic hydroxyl groups is 1. The van der Waals surface area contributed by atoms with Crippen LogP contribution in [0.3, 0.4) is 0 Å². The highest BCUT2D eigenvalue weighted by molar-refractivity contribution is 5.92. The van der Waals surface area contributed by atoms with Crippen LogP contribution >= 0.6 is 0 Å². The minimum atomic E-state index is -0.736. The molecule has 0 unspecified atom stereocenters. The summed E-state index contributed by atoms with van der Waals surface area (Å²) in [4.78, 5) is 24.6. The number of rotatable bonds is 3. The summed E-state index contributed by atoms with van der Waals surface area (Å²) in [6.07, 6.45) is 0. The topological polar surface area (TPSA) is 76.7 Å². The van der Waals surface area contributed by atoms with Crippen molar-refractivity contribution in [2.75, 3.05) is 0 Å². The number of hydrogen-bond acceptors (Lipinski definition) is 5. The third kappa shape index (κ3) is 3.35. The number of benzene rings is 3. The lowest BCUT2D eigenvalue weighted by Gasteiger charge is -2.08. The van der Waals surface area contributed by atoms with Gasteiger partial charge in [-0.25, -0.2) is 9.18 Å². The maximum atomic E-state index is 13.0. The normalized spacial score (nSPS) is 10.8. The zero-order valence-corrected chi connectivity index (χ0v) is 14.4. The summed E-state index contributed by atoms with van der Waals surface area (Å²) in [7, 11) is 0. The number of phenolic OH excluding ortho intramolecular Hbond substituents is 1. The molecule has 6 heteroatoms. The van der Waals surface area contributed by atoms with Crippen LogP contribution in [0, 0.1) is 5.82 Å². The molecule has 4 rings (SSSR count). The number of ether oxygens (including phenoxy) is 1. The maximum Gasteiger partial charge on any atom is 0.343 e. The number of carbonyl (C=O) groups is 1. The molecular formula is C22H13FO5. The van der Waals surface area contributed by atoms with Gasteiger partial charge in [0.1, 0.15) is 34.0 Å². The number of hydrogen-bond donors (Lipinski definition) is 1. The molecular weight excluding hydrogens is 363 g/mol. The summed E-state index contributed by atoms with van der Waals surface area (Å²) >= 11 is 0. The van der Waals surface area contributed by atoms with E-state index >= 15 is 0 Å². The van der Waals surface area contributed by atoms with Gasteiger partial charge in [-0.05, 0) is 24.3 Å². The Labute approximate surface area is 158 Å². The number of carbonyl (C=O) groups excluding carboxylic acids is 1. The van der Waals surface area contributed by atoms with Crippen molar-refractivity contribution in [1.29, 1.82) is 0 Å².